The average Bonchev–Trinajstić information content (AvgIpc) is 2.94. The van der Waals surface area contributed by atoms with E-state index in [4.69, 9.17) is 9.47 Å². The minimum Gasteiger partial charge on any atom is -0.493 e. The summed E-state index contributed by atoms with van der Waals surface area (Å²) in [5, 5.41) is 1.78. The summed E-state index contributed by atoms with van der Waals surface area (Å²) in [4.78, 5) is 23.4. The standard InChI is InChI=1S/C18H14BrNO6S2/c1-25-15-7-10(8-16-17(21)20-18(22)27-16)3-5-14(15)26-13-6-4-11(9-12(13)19)28(2,23)24/h3-9H,1-2H3,(H,20,21,22)/b16-8-. The largest absolute Gasteiger partial charge is 0.493 e. The van der Waals surface area contributed by atoms with Gasteiger partial charge in [0.05, 0.1) is 21.4 Å². The van der Waals surface area contributed by atoms with E-state index in [1.165, 1.54) is 19.2 Å². The molecule has 1 saturated heterocycles. The highest BCUT2D eigenvalue weighted by Gasteiger charge is 2.25. The van der Waals surface area contributed by atoms with E-state index in [2.05, 4.69) is 21.2 Å². The SMILES string of the molecule is COc1cc(/C=C2\SC(=O)NC2=O)ccc1Oc1ccc(S(C)(=O)=O)cc1Br. The smallest absolute Gasteiger partial charge is 0.290 e. The van der Waals surface area contributed by atoms with Gasteiger partial charge in [0.1, 0.15) is 5.75 Å². The zero-order valence-corrected chi connectivity index (χ0v) is 17.9. The van der Waals surface area contributed by atoms with Crippen molar-refractivity contribution in [1.82, 2.24) is 5.32 Å². The lowest BCUT2D eigenvalue weighted by Crippen LogP contribution is -2.17. The fourth-order valence-electron chi connectivity index (χ4n) is 2.34. The van der Waals surface area contributed by atoms with E-state index < -0.39 is 21.0 Å². The summed E-state index contributed by atoms with van der Waals surface area (Å²) in [5.74, 6) is 0.776. The number of carbonyl (C=O) groups is 2. The van der Waals surface area contributed by atoms with E-state index in [0.29, 0.717) is 32.2 Å². The van der Waals surface area contributed by atoms with E-state index in [-0.39, 0.29) is 4.90 Å². The van der Waals surface area contributed by atoms with E-state index in [1.54, 1.807) is 30.3 Å². The minimum absolute atomic E-state index is 0.169. The third-order valence-electron chi connectivity index (χ3n) is 3.68. The molecule has 2 amide bonds. The maximum atomic E-state index is 11.7. The van der Waals surface area contributed by atoms with Gasteiger partial charge >= 0.3 is 0 Å². The quantitative estimate of drug-likeness (QED) is 0.641. The van der Waals surface area contributed by atoms with E-state index >= 15 is 0 Å². The number of sulfone groups is 1. The molecule has 10 heteroatoms. The molecule has 0 spiro atoms. The van der Waals surface area contributed by atoms with Crippen molar-refractivity contribution < 1.29 is 27.5 Å². The van der Waals surface area contributed by atoms with Crippen molar-refractivity contribution in [3.63, 3.8) is 0 Å². The number of thioether (sulfide) groups is 1. The minimum atomic E-state index is -3.33. The van der Waals surface area contributed by atoms with Gasteiger partial charge in [-0.05, 0) is 69.7 Å². The summed E-state index contributed by atoms with van der Waals surface area (Å²) in [6.07, 6.45) is 2.70. The highest BCUT2D eigenvalue weighted by Crippen LogP contribution is 2.37. The van der Waals surface area contributed by atoms with E-state index in [1.807, 2.05) is 0 Å². The van der Waals surface area contributed by atoms with Gasteiger partial charge in [-0.2, -0.15) is 0 Å². The fourth-order valence-corrected chi connectivity index (χ4v) is 4.28. The van der Waals surface area contributed by atoms with Gasteiger partial charge in [0.2, 0.25) is 0 Å². The zero-order valence-electron chi connectivity index (χ0n) is 14.7. The Hall–Kier alpha value is -2.30. The van der Waals surface area contributed by atoms with Crippen molar-refractivity contribution in [2.24, 2.45) is 0 Å². The number of hydrogen-bond acceptors (Lipinski definition) is 7. The topological polar surface area (TPSA) is 98.8 Å². The number of carbonyl (C=O) groups excluding carboxylic acids is 2. The average molecular weight is 484 g/mol. The number of ether oxygens (including phenoxy) is 2. The second-order valence-electron chi connectivity index (χ2n) is 5.73. The van der Waals surface area contributed by atoms with Crippen LogP contribution in [0, 0.1) is 0 Å². The molecule has 0 aromatic heterocycles. The van der Waals surface area contributed by atoms with Gasteiger partial charge in [0, 0.05) is 6.26 Å². The molecule has 1 aliphatic heterocycles. The van der Waals surface area contributed by atoms with Gasteiger partial charge in [-0.25, -0.2) is 8.42 Å². The fraction of sp³-hybridized carbons (Fsp3) is 0.111. The number of rotatable bonds is 5. The molecule has 0 saturated carbocycles. The highest BCUT2D eigenvalue weighted by molar-refractivity contribution is 9.10. The number of halogens is 1. The van der Waals surface area contributed by atoms with Crippen molar-refractivity contribution in [3.8, 4) is 17.2 Å². The van der Waals surface area contributed by atoms with Crippen LogP contribution in [0.15, 0.2) is 50.7 Å². The summed E-state index contributed by atoms with van der Waals surface area (Å²) < 4.78 is 34.9. The molecule has 1 N–H and O–H groups in total. The molecule has 0 radical (unpaired) electrons. The first kappa shape index (κ1) is 20.4. The van der Waals surface area contributed by atoms with Crippen LogP contribution in [0.25, 0.3) is 6.08 Å². The molecular formula is C18H14BrNO6S2. The first-order valence-electron chi connectivity index (χ1n) is 7.78. The summed E-state index contributed by atoms with van der Waals surface area (Å²) in [6, 6.07) is 9.48. The van der Waals surface area contributed by atoms with Gasteiger partial charge in [0.15, 0.2) is 21.3 Å². The van der Waals surface area contributed by atoms with Crippen LogP contribution in [0.3, 0.4) is 0 Å². The molecule has 0 atom stereocenters. The van der Waals surface area contributed by atoms with Crippen LogP contribution in [0.4, 0.5) is 4.79 Å². The number of methoxy groups -OCH3 is 1. The van der Waals surface area contributed by atoms with Crippen LogP contribution in [-0.2, 0) is 14.6 Å². The molecule has 2 aromatic carbocycles. The van der Waals surface area contributed by atoms with Crippen LogP contribution in [0.5, 0.6) is 17.2 Å². The first-order valence-corrected chi connectivity index (χ1v) is 11.3. The molecule has 1 fully saturated rings. The summed E-state index contributed by atoms with van der Waals surface area (Å²) in [6.45, 7) is 0. The van der Waals surface area contributed by atoms with Crippen LogP contribution >= 0.6 is 27.7 Å². The second kappa shape index (κ2) is 7.98. The Balaban J connectivity index is 1.89. The first-order chi connectivity index (χ1) is 13.2. The predicted molar refractivity (Wildman–Crippen MR) is 109 cm³/mol. The summed E-state index contributed by atoms with van der Waals surface area (Å²) in [5.41, 5.74) is 0.656. The predicted octanol–water partition coefficient (Wildman–Crippen LogP) is 3.98. The van der Waals surface area contributed by atoms with Crippen molar-refractivity contribution in [2.75, 3.05) is 13.4 Å². The molecule has 1 heterocycles. The maximum absolute atomic E-state index is 11.7. The van der Waals surface area contributed by atoms with Crippen molar-refractivity contribution in [1.29, 1.82) is 0 Å². The second-order valence-corrected chi connectivity index (χ2v) is 9.61. The number of hydrogen-bond donors (Lipinski definition) is 1. The lowest BCUT2D eigenvalue weighted by Gasteiger charge is -2.13. The summed E-state index contributed by atoms with van der Waals surface area (Å²) in [7, 11) is -1.85. The van der Waals surface area contributed by atoms with Gasteiger partial charge in [0.25, 0.3) is 11.1 Å². The number of nitrogens with one attached hydrogen (secondary N) is 1. The van der Waals surface area contributed by atoms with Crippen LogP contribution in [0.1, 0.15) is 5.56 Å². The Kier molecular flexibility index (Phi) is 5.82. The highest BCUT2D eigenvalue weighted by atomic mass is 79.9. The van der Waals surface area contributed by atoms with Gasteiger partial charge < -0.3 is 9.47 Å². The molecule has 0 aliphatic carbocycles. The van der Waals surface area contributed by atoms with Crippen molar-refractivity contribution in [3.05, 3.63) is 51.3 Å². The number of amides is 2. The monoisotopic (exact) mass is 483 g/mol. The molecule has 2 aromatic rings. The molecule has 1 aliphatic rings. The van der Waals surface area contributed by atoms with E-state index in [9.17, 15) is 18.0 Å². The Morgan fingerprint density at radius 3 is 2.36 bits per heavy atom. The lowest BCUT2D eigenvalue weighted by molar-refractivity contribution is -0.115. The third kappa shape index (κ3) is 4.57. The maximum Gasteiger partial charge on any atom is 0.290 e. The lowest BCUT2D eigenvalue weighted by atomic mass is 10.2. The molecule has 3 rings (SSSR count). The van der Waals surface area contributed by atoms with E-state index in [0.717, 1.165) is 18.0 Å². The number of imide groups is 1. The van der Waals surface area contributed by atoms with Crippen LogP contribution in [-0.4, -0.2) is 32.9 Å². The molecule has 0 bridgehead atoms. The Morgan fingerprint density at radius 2 is 1.79 bits per heavy atom. The third-order valence-corrected chi connectivity index (χ3v) is 6.22. The molecular weight excluding hydrogens is 470 g/mol. The normalized spacial score (nSPS) is 15.6. The number of benzene rings is 2. The van der Waals surface area contributed by atoms with Gasteiger partial charge in [-0.15, -0.1) is 0 Å². The Morgan fingerprint density at radius 1 is 1.07 bits per heavy atom. The molecule has 146 valence electrons. The molecule has 0 unspecified atom stereocenters. The zero-order chi connectivity index (χ0) is 20.5. The Labute approximate surface area is 174 Å². The Bertz CT molecular complexity index is 1110. The van der Waals surface area contributed by atoms with Crippen LogP contribution in [0.2, 0.25) is 0 Å². The molecule has 28 heavy (non-hydrogen) atoms. The van der Waals surface area contributed by atoms with Gasteiger partial charge in [-0.3, -0.25) is 14.9 Å². The van der Waals surface area contributed by atoms with Gasteiger partial charge in [-0.1, -0.05) is 6.07 Å². The summed E-state index contributed by atoms with van der Waals surface area (Å²) >= 11 is 4.14. The molecule has 7 nitrogen and oxygen atoms in total. The van der Waals surface area contributed by atoms with Crippen molar-refractivity contribution in [2.45, 2.75) is 4.90 Å². The van der Waals surface area contributed by atoms with Crippen LogP contribution < -0.4 is 14.8 Å². The van der Waals surface area contributed by atoms with Crippen molar-refractivity contribution >= 4 is 54.8 Å².